The van der Waals surface area contributed by atoms with E-state index in [2.05, 4.69) is 0 Å². The fourth-order valence-electron chi connectivity index (χ4n) is 3.40. The first-order valence-corrected chi connectivity index (χ1v) is 12.2. The van der Waals surface area contributed by atoms with Crippen LogP contribution in [0.15, 0.2) is 64.2 Å². The highest BCUT2D eigenvalue weighted by molar-refractivity contribution is 7.91. The number of carbonyl (C=O) groups excluding carboxylic acids is 1. The number of hydrogen-bond donors (Lipinski definition) is 0. The lowest BCUT2D eigenvalue weighted by Crippen LogP contribution is -2.55. The zero-order valence-electron chi connectivity index (χ0n) is 15.4. The maximum Gasteiger partial charge on any atom is 0.253 e. The molecule has 1 aromatic carbocycles. The molecule has 1 fully saturated rings. The molecule has 146 valence electrons. The van der Waals surface area contributed by atoms with Crippen LogP contribution in [0.25, 0.3) is 9.75 Å². The van der Waals surface area contributed by atoms with E-state index in [1.165, 1.54) is 15.6 Å². The summed E-state index contributed by atoms with van der Waals surface area (Å²) in [6, 6.07) is 16.4. The monoisotopic (exact) mass is 433 g/mol. The van der Waals surface area contributed by atoms with Gasteiger partial charge in [0.25, 0.3) is 15.9 Å². The van der Waals surface area contributed by atoms with Crippen LogP contribution in [0.5, 0.6) is 0 Å². The predicted molar refractivity (Wildman–Crippen MR) is 115 cm³/mol. The van der Waals surface area contributed by atoms with Gasteiger partial charge in [-0.15, -0.1) is 11.3 Å². The van der Waals surface area contributed by atoms with Gasteiger partial charge in [0.15, 0.2) is 4.88 Å². The third-order valence-corrected chi connectivity index (χ3v) is 9.57. The summed E-state index contributed by atoms with van der Waals surface area (Å²) in [6.45, 7) is 2.94. The Labute approximate surface area is 172 Å². The SMILES string of the molecule is CC1CN(C(=O)c2ccccc2)CCN1S(=O)(=O)c1ccc(-c2ccc[sH+]2)s1. The quantitative estimate of drug-likeness (QED) is 0.589. The molecule has 5 nitrogen and oxygen atoms in total. The minimum Gasteiger partial charge on any atom is -0.336 e. The van der Waals surface area contributed by atoms with Gasteiger partial charge in [0.2, 0.25) is 0 Å². The van der Waals surface area contributed by atoms with Gasteiger partial charge in [-0.25, -0.2) is 8.42 Å². The zero-order valence-corrected chi connectivity index (χ0v) is 17.9. The molecule has 0 radical (unpaired) electrons. The highest BCUT2D eigenvalue weighted by Crippen LogP contribution is 2.35. The van der Waals surface area contributed by atoms with Crippen LogP contribution < -0.4 is 0 Å². The van der Waals surface area contributed by atoms with Gasteiger partial charge in [-0.2, -0.15) is 4.31 Å². The van der Waals surface area contributed by atoms with Crippen molar-refractivity contribution in [3.05, 3.63) is 65.5 Å². The third kappa shape index (κ3) is 3.65. The molecule has 0 bridgehead atoms. The largest absolute Gasteiger partial charge is 0.336 e. The zero-order chi connectivity index (χ0) is 19.7. The van der Waals surface area contributed by atoms with Crippen molar-refractivity contribution < 1.29 is 13.2 Å². The van der Waals surface area contributed by atoms with Crippen LogP contribution >= 0.6 is 22.7 Å². The van der Waals surface area contributed by atoms with Gasteiger partial charge in [0, 0.05) is 37.3 Å². The van der Waals surface area contributed by atoms with Crippen LogP contribution in [0, 0.1) is 0 Å². The molecule has 1 aliphatic heterocycles. The summed E-state index contributed by atoms with van der Waals surface area (Å²) in [7, 11) is -3.57. The van der Waals surface area contributed by atoms with Crippen LogP contribution in [0.3, 0.4) is 0 Å². The van der Waals surface area contributed by atoms with Crippen molar-refractivity contribution >= 4 is 38.6 Å². The molecule has 0 N–H and O–H groups in total. The number of rotatable bonds is 4. The van der Waals surface area contributed by atoms with Crippen LogP contribution in [0.1, 0.15) is 17.3 Å². The lowest BCUT2D eigenvalue weighted by Gasteiger charge is -2.38. The second kappa shape index (κ2) is 7.79. The Morgan fingerprint density at radius 3 is 2.54 bits per heavy atom. The third-order valence-electron chi connectivity index (χ3n) is 4.83. The molecule has 28 heavy (non-hydrogen) atoms. The topological polar surface area (TPSA) is 57.7 Å². The molecule has 0 spiro atoms. The van der Waals surface area contributed by atoms with Crippen molar-refractivity contribution in [1.82, 2.24) is 9.21 Å². The minimum absolute atomic E-state index is 0.0532. The minimum atomic E-state index is -3.57. The number of nitrogens with zero attached hydrogens (tertiary/aromatic N) is 2. The average Bonchev–Trinajstić information content (AvgIpc) is 3.39. The fraction of sp³-hybridized carbons (Fsp3) is 0.250. The lowest BCUT2D eigenvalue weighted by molar-refractivity contribution is 0.0642. The molecular weight excluding hydrogens is 412 g/mol. The van der Waals surface area contributed by atoms with E-state index in [-0.39, 0.29) is 11.9 Å². The number of thiophene rings is 2. The number of amides is 1. The Hall–Kier alpha value is -2.00. The number of carbonyl (C=O) groups is 1. The molecule has 1 atom stereocenters. The van der Waals surface area contributed by atoms with E-state index in [4.69, 9.17) is 0 Å². The van der Waals surface area contributed by atoms with E-state index in [0.717, 1.165) is 21.1 Å². The van der Waals surface area contributed by atoms with E-state index in [0.29, 0.717) is 29.4 Å². The molecular formula is C20H21N2O3S3+. The van der Waals surface area contributed by atoms with Crippen molar-refractivity contribution in [3.8, 4) is 9.75 Å². The molecule has 1 aliphatic rings. The Bertz CT molecular complexity index is 1060. The Morgan fingerprint density at radius 2 is 1.86 bits per heavy atom. The first kappa shape index (κ1) is 19.3. The average molecular weight is 434 g/mol. The van der Waals surface area contributed by atoms with Crippen molar-refractivity contribution in [2.45, 2.75) is 17.2 Å². The van der Waals surface area contributed by atoms with E-state index < -0.39 is 10.0 Å². The van der Waals surface area contributed by atoms with Crippen molar-refractivity contribution in [3.63, 3.8) is 0 Å². The molecule has 0 aliphatic carbocycles. The summed E-state index contributed by atoms with van der Waals surface area (Å²) < 4.78 is 28.2. The standard InChI is InChI=1S/C20H20N2O3S3/c1-15-14-21(20(23)16-6-3-2-4-7-16)11-12-22(15)28(24,25)19-10-9-18(27-19)17-8-5-13-26-17/h2-10,13,15H,11-12,14H2,1H3/p+1. The first-order valence-electron chi connectivity index (χ1n) is 9.01. The van der Waals surface area contributed by atoms with Crippen LogP contribution in [0.4, 0.5) is 0 Å². The smallest absolute Gasteiger partial charge is 0.253 e. The summed E-state index contributed by atoms with van der Waals surface area (Å²) >= 11 is 2.41. The van der Waals surface area contributed by atoms with Crippen molar-refractivity contribution in [2.24, 2.45) is 0 Å². The Morgan fingerprint density at radius 1 is 1.07 bits per heavy atom. The second-order valence-corrected chi connectivity index (χ2v) is 11.0. The summed E-state index contributed by atoms with van der Waals surface area (Å²) in [6.07, 6.45) is 0. The summed E-state index contributed by atoms with van der Waals surface area (Å²) in [5.74, 6) is -0.0532. The molecule has 1 amide bonds. The van der Waals surface area contributed by atoms with Gasteiger partial charge in [-0.1, -0.05) is 18.2 Å². The number of piperazine rings is 1. The van der Waals surface area contributed by atoms with E-state index in [1.54, 1.807) is 23.1 Å². The van der Waals surface area contributed by atoms with Crippen molar-refractivity contribution in [1.29, 1.82) is 0 Å². The highest BCUT2D eigenvalue weighted by atomic mass is 32.2. The predicted octanol–water partition coefficient (Wildman–Crippen LogP) is 3.74. The molecule has 3 heterocycles. The number of sulfonamides is 1. The molecule has 8 heteroatoms. The van der Waals surface area contributed by atoms with Crippen molar-refractivity contribution in [2.75, 3.05) is 19.6 Å². The second-order valence-electron chi connectivity index (χ2n) is 6.72. The first-order chi connectivity index (χ1) is 13.5. The Kier molecular flexibility index (Phi) is 5.37. The highest BCUT2D eigenvalue weighted by Gasteiger charge is 2.36. The van der Waals surface area contributed by atoms with Crippen LogP contribution in [-0.2, 0) is 10.0 Å². The maximum atomic E-state index is 13.2. The lowest BCUT2D eigenvalue weighted by atomic mass is 10.1. The Balaban J connectivity index is 1.50. The maximum absolute atomic E-state index is 13.2. The molecule has 1 unspecified atom stereocenters. The number of hydrogen-bond acceptors (Lipinski definition) is 4. The molecule has 0 saturated carbocycles. The van der Waals surface area contributed by atoms with E-state index in [1.807, 2.05) is 48.7 Å². The van der Waals surface area contributed by atoms with E-state index in [9.17, 15) is 13.2 Å². The fourth-order valence-corrected chi connectivity index (χ4v) is 7.38. The molecule has 1 saturated heterocycles. The normalized spacial score (nSPS) is 18.3. The molecule has 4 rings (SSSR count). The molecule has 3 aromatic rings. The van der Waals surface area contributed by atoms with Gasteiger partial charge in [-0.05, 0) is 48.6 Å². The van der Waals surface area contributed by atoms with Gasteiger partial charge in [0.05, 0.1) is 4.88 Å². The number of benzene rings is 1. The van der Waals surface area contributed by atoms with Crippen LogP contribution in [0.2, 0.25) is 0 Å². The summed E-state index contributed by atoms with van der Waals surface area (Å²) in [5, 5.41) is 2.04. The van der Waals surface area contributed by atoms with Crippen LogP contribution in [-0.4, -0.2) is 49.2 Å². The summed E-state index contributed by atoms with van der Waals surface area (Å²) in [4.78, 5) is 16.5. The van der Waals surface area contributed by atoms with Gasteiger partial charge in [-0.3, -0.25) is 4.79 Å². The summed E-state index contributed by atoms with van der Waals surface area (Å²) in [5.41, 5.74) is 0.631. The van der Waals surface area contributed by atoms with Gasteiger partial charge < -0.3 is 4.90 Å². The van der Waals surface area contributed by atoms with Gasteiger partial charge >= 0.3 is 0 Å². The van der Waals surface area contributed by atoms with Gasteiger partial charge in [0.1, 0.15) is 9.59 Å². The molecule has 2 aromatic heterocycles. The van der Waals surface area contributed by atoms with E-state index >= 15 is 0 Å².